The summed E-state index contributed by atoms with van der Waals surface area (Å²) in [6.45, 7) is 0.386. The number of nitrogens with one attached hydrogen (secondary N) is 3. The second-order valence-electron chi connectivity index (χ2n) is 8.26. The first-order valence-electron chi connectivity index (χ1n) is 11.4. The van der Waals surface area contributed by atoms with Crippen molar-refractivity contribution in [2.45, 2.75) is 19.6 Å². The fourth-order valence-corrected chi connectivity index (χ4v) is 3.91. The average molecular weight is 483 g/mol. The molecule has 0 aliphatic carbocycles. The van der Waals surface area contributed by atoms with Crippen molar-refractivity contribution >= 4 is 22.6 Å². The van der Waals surface area contributed by atoms with E-state index >= 15 is 0 Å². The van der Waals surface area contributed by atoms with E-state index in [0.717, 1.165) is 27.7 Å². The van der Waals surface area contributed by atoms with Gasteiger partial charge in [0.05, 0.1) is 18.4 Å². The molecule has 9 heteroatoms. The largest absolute Gasteiger partial charge is 0.361 e. The van der Waals surface area contributed by atoms with Gasteiger partial charge in [-0.1, -0.05) is 42.5 Å². The zero-order valence-corrected chi connectivity index (χ0v) is 19.2. The molecule has 3 heterocycles. The minimum absolute atomic E-state index is 0.106. The Labute approximate surface area is 205 Å². The topological polar surface area (TPSA) is 105 Å². The first-order chi connectivity index (χ1) is 17.6. The summed E-state index contributed by atoms with van der Waals surface area (Å²) < 4.78 is 14.6. The Kier molecular flexibility index (Phi) is 6.53. The van der Waals surface area contributed by atoms with E-state index in [-0.39, 0.29) is 37.2 Å². The van der Waals surface area contributed by atoms with Crippen LogP contribution in [-0.4, -0.2) is 25.4 Å². The average Bonchev–Trinajstić information content (AvgIpc) is 3.32. The third kappa shape index (κ3) is 5.15. The number of amides is 1. The number of halogens is 1. The van der Waals surface area contributed by atoms with Crippen LogP contribution in [0.4, 0.5) is 10.2 Å². The van der Waals surface area contributed by atoms with Crippen molar-refractivity contribution in [1.29, 1.82) is 0 Å². The fourth-order valence-electron chi connectivity index (χ4n) is 3.91. The monoisotopic (exact) mass is 482 g/mol. The van der Waals surface area contributed by atoms with Crippen LogP contribution >= 0.6 is 0 Å². The van der Waals surface area contributed by atoms with Crippen LogP contribution in [0.15, 0.2) is 90.1 Å². The Morgan fingerprint density at radius 3 is 2.58 bits per heavy atom. The van der Waals surface area contributed by atoms with Gasteiger partial charge >= 0.3 is 0 Å². The molecule has 0 aliphatic rings. The van der Waals surface area contributed by atoms with Crippen LogP contribution < -0.4 is 16.2 Å². The first-order valence-corrected chi connectivity index (χ1v) is 11.4. The number of carbonyl (C=O) groups excluding carboxylic acids is 1. The van der Waals surface area contributed by atoms with E-state index in [0.29, 0.717) is 5.69 Å². The number of H-pyrrole nitrogens is 1. The van der Waals surface area contributed by atoms with Crippen LogP contribution in [0, 0.1) is 5.82 Å². The highest BCUT2D eigenvalue weighted by Gasteiger charge is 2.15. The lowest BCUT2D eigenvalue weighted by Crippen LogP contribution is -2.34. The third-order valence-corrected chi connectivity index (χ3v) is 5.75. The van der Waals surface area contributed by atoms with Crippen molar-refractivity contribution in [2.75, 3.05) is 5.32 Å². The standard InChI is InChI=1S/C27H23FN6O2/c28-21-8-6-18(7-9-21)13-31-26-27(36)34(24(16-32-26)19-4-2-1-3-5-19)17-25(35)30-15-22-12-20-14-29-11-10-23(20)33-22/h1-12,14,16,33H,13,15,17H2,(H,30,35)(H,31,32). The van der Waals surface area contributed by atoms with Gasteiger partial charge in [0.2, 0.25) is 5.91 Å². The van der Waals surface area contributed by atoms with Crippen molar-refractivity contribution < 1.29 is 9.18 Å². The van der Waals surface area contributed by atoms with Gasteiger partial charge in [-0.3, -0.25) is 19.1 Å². The molecule has 0 saturated carbocycles. The molecule has 0 aliphatic heterocycles. The molecule has 0 unspecified atom stereocenters. The number of aromatic nitrogens is 4. The van der Waals surface area contributed by atoms with Gasteiger partial charge < -0.3 is 15.6 Å². The predicted octanol–water partition coefficient (Wildman–Crippen LogP) is 3.85. The van der Waals surface area contributed by atoms with E-state index < -0.39 is 5.56 Å². The summed E-state index contributed by atoms with van der Waals surface area (Å²) in [6, 6.07) is 19.1. The number of hydrogen-bond donors (Lipinski definition) is 3. The molecule has 0 fully saturated rings. The van der Waals surface area contributed by atoms with E-state index in [1.807, 2.05) is 42.5 Å². The van der Waals surface area contributed by atoms with E-state index in [1.54, 1.807) is 30.7 Å². The maximum atomic E-state index is 13.4. The molecule has 36 heavy (non-hydrogen) atoms. The molecule has 3 N–H and O–H groups in total. The molecular formula is C27H23FN6O2. The molecule has 1 amide bonds. The molecule has 0 bridgehead atoms. The number of benzene rings is 2. The molecule has 180 valence electrons. The Hall–Kier alpha value is -4.79. The number of aromatic amines is 1. The van der Waals surface area contributed by atoms with Gasteiger partial charge in [-0.2, -0.15) is 0 Å². The Morgan fingerprint density at radius 2 is 1.81 bits per heavy atom. The Balaban J connectivity index is 1.36. The quantitative estimate of drug-likeness (QED) is 0.312. The summed E-state index contributed by atoms with van der Waals surface area (Å²) in [6.07, 6.45) is 5.02. The van der Waals surface area contributed by atoms with Crippen molar-refractivity contribution in [3.05, 3.63) is 113 Å². The maximum absolute atomic E-state index is 13.4. The molecule has 5 rings (SSSR count). The fraction of sp³-hybridized carbons (Fsp3) is 0.111. The second-order valence-corrected chi connectivity index (χ2v) is 8.26. The molecule has 5 aromatic rings. The highest BCUT2D eigenvalue weighted by molar-refractivity contribution is 5.80. The zero-order valence-electron chi connectivity index (χ0n) is 19.2. The Bertz CT molecular complexity index is 1530. The van der Waals surface area contributed by atoms with Gasteiger partial charge in [-0.25, -0.2) is 9.37 Å². The van der Waals surface area contributed by atoms with Gasteiger partial charge in [-0.05, 0) is 35.4 Å². The molecule has 0 atom stereocenters. The number of carbonyl (C=O) groups is 1. The summed E-state index contributed by atoms with van der Waals surface area (Å²) >= 11 is 0. The van der Waals surface area contributed by atoms with E-state index in [4.69, 9.17) is 0 Å². The van der Waals surface area contributed by atoms with Gasteiger partial charge in [0.1, 0.15) is 12.4 Å². The molecule has 0 spiro atoms. The number of fused-ring (bicyclic) bond motifs is 1. The lowest BCUT2D eigenvalue weighted by atomic mass is 10.1. The number of hydrogen-bond acceptors (Lipinski definition) is 5. The number of anilines is 1. The molecular weight excluding hydrogens is 459 g/mol. The zero-order chi connectivity index (χ0) is 24.9. The minimum atomic E-state index is -0.426. The third-order valence-electron chi connectivity index (χ3n) is 5.75. The van der Waals surface area contributed by atoms with Gasteiger partial charge in [-0.15, -0.1) is 0 Å². The predicted molar refractivity (Wildman–Crippen MR) is 136 cm³/mol. The van der Waals surface area contributed by atoms with Crippen LogP contribution in [0.25, 0.3) is 22.2 Å². The van der Waals surface area contributed by atoms with Crippen molar-refractivity contribution in [2.24, 2.45) is 0 Å². The lowest BCUT2D eigenvalue weighted by Gasteiger charge is -2.15. The molecule has 0 radical (unpaired) electrons. The van der Waals surface area contributed by atoms with E-state index in [1.165, 1.54) is 16.7 Å². The molecule has 3 aromatic heterocycles. The lowest BCUT2D eigenvalue weighted by molar-refractivity contribution is -0.121. The number of rotatable bonds is 8. The number of nitrogens with zero attached hydrogens (tertiary/aromatic N) is 3. The van der Waals surface area contributed by atoms with Crippen LogP contribution in [0.1, 0.15) is 11.3 Å². The summed E-state index contributed by atoms with van der Waals surface area (Å²) in [5, 5.41) is 6.83. The van der Waals surface area contributed by atoms with Crippen molar-refractivity contribution in [3.63, 3.8) is 0 Å². The highest BCUT2D eigenvalue weighted by atomic mass is 19.1. The highest BCUT2D eigenvalue weighted by Crippen LogP contribution is 2.18. The normalized spacial score (nSPS) is 10.9. The number of pyridine rings is 1. The molecule has 8 nitrogen and oxygen atoms in total. The van der Waals surface area contributed by atoms with Gasteiger partial charge in [0, 0.05) is 35.5 Å². The molecule has 2 aromatic carbocycles. The van der Waals surface area contributed by atoms with E-state index in [2.05, 4.69) is 25.6 Å². The summed E-state index contributed by atoms with van der Waals surface area (Å²) in [4.78, 5) is 37.9. The van der Waals surface area contributed by atoms with Crippen LogP contribution in [0.2, 0.25) is 0 Å². The van der Waals surface area contributed by atoms with E-state index in [9.17, 15) is 14.0 Å². The Morgan fingerprint density at radius 1 is 1.00 bits per heavy atom. The maximum Gasteiger partial charge on any atom is 0.294 e. The first kappa shape index (κ1) is 23.0. The smallest absolute Gasteiger partial charge is 0.294 e. The van der Waals surface area contributed by atoms with Crippen molar-refractivity contribution in [1.82, 2.24) is 24.8 Å². The summed E-state index contributed by atoms with van der Waals surface area (Å²) in [5.74, 6) is -0.543. The summed E-state index contributed by atoms with van der Waals surface area (Å²) in [5.41, 5.74) is 3.43. The summed E-state index contributed by atoms with van der Waals surface area (Å²) in [7, 11) is 0. The van der Waals surface area contributed by atoms with Gasteiger partial charge in [0.25, 0.3) is 5.56 Å². The molecule has 0 saturated heterocycles. The minimum Gasteiger partial charge on any atom is -0.361 e. The second kappa shape index (κ2) is 10.2. The van der Waals surface area contributed by atoms with Crippen molar-refractivity contribution in [3.8, 4) is 11.3 Å². The van der Waals surface area contributed by atoms with Crippen LogP contribution in [0.3, 0.4) is 0 Å². The SMILES string of the molecule is O=C(Cn1c(-c2ccccc2)cnc(NCc2ccc(F)cc2)c1=O)NCc1cc2cnccc2[nH]1. The van der Waals surface area contributed by atoms with Crippen LogP contribution in [-0.2, 0) is 24.4 Å². The van der Waals surface area contributed by atoms with Crippen LogP contribution in [0.5, 0.6) is 0 Å². The van der Waals surface area contributed by atoms with Gasteiger partial charge in [0.15, 0.2) is 5.82 Å².